The van der Waals surface area contributed by atoms with Crippen molar-refractivity contribution in [2.45, 2.75) is 6.42 Å². The van der Waals surface area contributed by atoms with Crippen molar-refractivity contribution >= 4 is 49.7 Å². The van der Waals surface area contributed by atoms with Crippen molar-refractivity contribution in [3.8, 4) is 6.07 Å². The van der Waals surface area contributed by atoms with E-state index in [1.165, 1.54) is 2.88 Å². The van der Waals surface area contributed by atoms with Gasteiger partial charge in [-0.25, -0.2) is 0 Å². The molecule has 0 fully saturated rings. The Bertz CT molecular complexity index is 525. The fourth-order valence-corrected chi connectivity index (χ4v) is 3.20. The van der Waals surface area contributed by atoms with Gasteiger partial charge >= 0.3 is 0 Å². The van der Waals surface area contributed by atoms with Crippen LogP contribution in [-0.4, -0.2) is 0 Å². The SMILES string of the molecule is N#CCc1cc(N)c2sc(I)cc2c1. The maximum absolute atomic E-state index is 8.60. The van der Waals surface area contributed by atoms with Crippen LogP contribution in [0.2, 0.25) is 0 Å². The number of fused-ring (bicyclic) bond motifs is 1. The first-order chi connectivity index (χ1) is 6.70. The Hall–Kier alpha value is -0.800. The van der Waals surface area contributed by atoms with Gasteiger partial charge in [-0.15, -0.1) is 11.3 Å². The highest BCUT2D eigenvalue weighted by molar-refractivity contribution is 14.1. The van der Waals surface area contributed by atoms with E-state index in [1.807, 2.05) is 12.1 Å². The van der Waals surface area contributed by atoms with E-state index in [4.69, 9.17) is 11.0 Å². The smallest absolute Gasteiger partial charge is 0.0669 e. The molecule has 2 nitrogen and oxygen atoms in total. The summed E-state index contributed by atoms with van der Waals surface area (Å²) in [4.78, 5) is 0. The van der Waals surface area contributed by atoms with Crippen molar-refractivity contribution in [1.29, 1.82) is 5.26 Å². The number of thiophene rings is 1. The first-order valence-corrected chi connectivity index (χ1v) is 5.94. The predicted octanol–water partition coefficient (Wildman–Crippen LogP) is 3.15. The molecule has 0 spiro atoms. The molecule has 1 heterocycles. The zero-order chi connectivity index (χ0) is 10.1. The molecule has 0 aliphatic carbocycles. The normalized spacial score (nSPS) is 10.3. The molecule has 0 atom stereocenters. The number of hydrogen-bond donors (Lipinski definition) is 1. The Morgan fingerprint density at radius 2 is 2.21 bits per heavy atom. The van der Waals surface area contributed by atoms with Gasteiger partial charge in [0.15, 0.2) is 0 Å². The molecule has 70 valence electrons. The predicted molar refractivity (Wildman–Crippen MR) is 68.3 cm³/mol. The molecule has 2 N–H and O–H groups in total. The summed E-state index contributed by atoms with van der Waals surface area (Å²) in [6.45, 7) is 0. The van der Waals surface area contributed by atoms with Crippen LogP contribution < -0.4 is 5.73 Å². The quantitative estimate of drug-likeness (QED) is 0.649. The molecule has 1 aromatic heterocycles. The number of nitrogens with zero attached hydrogens (tertiary/aromatic N) is 1. The lowest BCUT2D eigenvalue weighted by molar-refractivity contribution is 1.27. The Labute approximate surface area is 99.5 Å². The van der Waals surface area contributed by atoms with Crippen LogP contribution in [-0.2, 0) is 6.42 Å². The number of benzene rings is 1. The van der Waals surface area contributed by atoms with E-state index < -0.39 is 0 Å². The second-order valence-corrected chi connectivity index (χ2v) is 5.94. The zero-order valence-electron chi connectivity index (χ0n) is 7.25. The molecule has 0 aliphatic heterocycles. The molecule has 1 aromatic carbocycles. The summed E-state index contributed by atoms with van der Waals surface area (Å²) in [6, 6.07) is 8.15. The number of nitriles is 1. The van der Waals surface area contributed by atoms with Gasteiger partial charge in [-0.05, 0) is 51.7 Å². The summed E-state index contributed by atoms with van der Waals surface area (Å²) in [5, 5.41) is 9.74. The average molecular weight is 314 g/mol. The standard InChI is InChI=1S/C10H7IN2S/c11-9-5-7-3-6(1-2-12)4-8(13)10(7)14-9/h3-5H,1,13H2. The summed E-state index contributed by atoms with van der Waals surface area (Å²) in [5.74, 6) is 0. The van der Waals surface area contributed by atoms with Gasteiger partial charge in [-0.1, -0.05) is 0 Å². The van der Waals surface area contributed by atoms with E-state index in [1.54, 1.807) is 11.3 Å². The van der Waals surface area contributed by atoms with Gasteiger partial charge in [-0.3, -0.25) is 0 Å². The molecule has 0 unspecified atom stereocenters. The molecule has 0 amide bonds. The maximum atomic E-state index is 8.60. The summed E-state index contributed by atoms with van der Waals surface area (Å²) in [5.41, 5.74) is 7.67. The number of hydrogen-bond acceptors (Lipinski definition) is 3. The van der Waals surface area contributed by atoms with Crippen LogP contribution in [0.15, 0.2) is 18.2 Å². The fourth-order valence-electron chi connectivity index (χ4n) is 1.41. The lowest BCUT2D eigenvalue weighted by Crippen LogP contribution is -1.88. The molecule has 0 saturated carbocycles. The van der Waals surface area contributed by atoms with Gasteiger partial charge in [-0.2, -0.15) is 5.26 Å². The second kappa shape index (κ2) is 3.75. The van der Waals surface area contributed by atoms with Crippen molar-refractivity contribution in [3.05, 3.63) is 26.6 Å². The molecular weight excluding hydrogens is 307 g/mol. The maximum Gasteiger partial charge on any atom is 0.0669 e. The lowest BCUT2D eigenvalue weighted by Gasteiger charge is -1.99. The third kappa shape index (κ3) is 1.70. The average Bonchev–Trinajstić information content (AvgIpc) is 2.47. The van der Waals surface area contributed by atoms with E-state index in [2.05, 4.69) is 34.7 Å². The van der Waals surface area contributed by atoms with Gasteiger partial charge < -0.3 is 5.73 Å². The molecule has 0 saturated heterocycles. The van der Waals surface area contributed by atoms with Crippen molar-refractivity contribution in [2.75, 3.05) is 5.73 Å². The highest BCUT2D eigenvalue weighted by Crippen LogP contribution is 2.32. The summed E-state index contributed by atoms with van der Waals surface area (Å²) < 4.78 is 2.34. The first kappa shape index (κ1) is 9.74. The Kier molecular flexibility index (Phi) is 2.61. The highest BCUT2D eigenvalue weighted by Gasteiger charge is 2.05. The number of rotatable bonds is 1. The minimum absolute atomic E-state index is 0.423. The minimum Gasteiger partial charge on any atom is -0.398 e. The van der Waals surface area contributed by atoms with E-state index >= 15 is 0 Å². The molecule has 4 heteroatoms. The summed E-state index contributed by atoms with van der Waals surface area (Å²) >= 11 is 3.96. The number of halogens is 1. The lowest BCUT2D eigenvalue weighted by atomic mass is 10.1. The van der Waals surface area contributed by atoms with E-state index in [-0.39, 0.29) is 0 Å². The summed E-state index contributed by atoms with van der Waals surface area (Å²) in [6.07, 6.45) is 0.423. The molecule has 0 aliphatic rings. The summed E-state index contributed by atoms with van der Waals surface area (Å²) in [7, 11) is 0. The minimum atomic E-state index is 0.423. The topological polar surface area (TPSA) is 49.8 Å². The Morgan fingerprint density at radius 3 is 2.93 bits per heavy atom. The van der Waals surface area contributed by atoms with Gasteiger partial charge in [0.1, 0.15) is 0 Å². The molecule has 0 bridgehead atoms. The van der Waals surface area contributed by atoms with Crippen LogP contribution in [0.5, 0.6) is 0 Å². The van der Waals surface area contributed by atoms with Crippen LogP contribution >= 0.6 is 33.9 Å². The Morgan fingerprint density at radius 1 is 1.43 bits per heavy atom. The molecule has 2 aromatic rings. The number of nitrogens with two attached hydrogens (primary N) is 1. The number of nitrogen functional groups attached to an aromatic ring is 1. The van der Waals surface area contributed by atoms with Gasteiger partial charge in [0.25, 0.3) is 0 Å². The van der Waals surface area contributed by atoms with Gasteiger partial charge in [0, 0.05) is 5.69 Å². The largest absolute Gasteiger partial charge is 0.398 e. The monoisotopic (exact) mass is 314 g/mol. The fraction of sp³-hybridized carbons (Fsp3) is 0.100. The van der Waals surface area contributed by atoms with Crippen molar-refractivity contribution < 1.29 is 0 Å². The van der Waals surface area contributed by atoms with Crippen molar-refractivity contribution in [1.82, 2.24) is 0 Å². The molecular formula is C10H7IN2S. The molecule has 0 radical (unpaired) electrons. The van der Waals surface area contributed by atoms with Gasteiger partial charge in [0.05, 0.1) is 20.1 Å². The van der Waals surface area contributed by atoms with Crippen LogP contribution in [0.1, 0.15) is 5.56 Å². The van der Waals surface area contributed by atoms with E-state index in [0.717, 1.165) is 21.3 Å². The third-order valence-electron chi connectivity index (χ3n) is 1.96. The Balaban J connectivity index is 2.66. The third-order valence-corrected chi connectivity index (χ3v) is 3.92. The molecule has 14 heavy (non-hydrogen) atoms. The van der Waals surface area contributed by atoms with E-state index in [9.17, 15) is 0 Å². The van der Waals surface area contributed by atoms with Crippen LogP contribution in [0, 0.1) is 14.2 Å². The zero-order valence-corrected chi connectivity index (χ0v) is 10.2. The van der Waals surface area contributed by atoms with E-state index in [0.29, 0.717) is 6.42 Å². The number of anilines is 1. The van der Waals surface area contributed by atoms with Gasteiger partial charge in [0.2, 0.25) is 0 Å². The van der Waals surface area contributed by atoms with Crippen LogP contribution in [0.25, 0.3) is 10.1 Å². The van der Waals surface area contributed by atoms with Crippen molar-refractivity contribution in [2.24, 2.45) is 0 Å². The van der Waals surface area contributed by atoms with Crippen LogP contribution in [0.3, 0.4) is 0 Å². The second-order valence-electron chi connectivity index (χ2n) is 2.99. The van der Waals surface area contributed by atoms with Crippen molar-refractivity contribution in [3.63, 3.8) is 0 Å². The first-order valence-electron chi connectivity index (χ1n) is 4.05. The van der Waals surface area contributed by atoms with Crippen LogP contribution in [0.4, 0.5) is 5.69 Å². The highest BCUT2D eigenvalue weighted by atomic mass is 127. The molecule has 2 rings (SSSR count).